The fourth-order valence-electron chi connectivity index (χ4n) is 4.45. The molecule has 2 fully saturated rings. The van der Waals surface area contributed by atoms with E-state index in [0.717, 1.165) is 49.5 Å². The summed E-state index contributed by atoms with van der Waals surface area (Å²) in [5.74, 6) is -12.2. The predicted molar refractivity (Wildman–Crippen MR) is 176 cm³/mol. The van der Waals surface area contributed by atoms with Gasteiger partial charge in [-0.3, -0.25) is 15.0 Å². The Balaban J connectivity index is 0.000000320. The Labute approximate surface area is 281 Å². The highest BCUT2D eigenvalue weighted by Crippen LogP contribution is 2.40. The lowest BCUT2D eigenvalue weighted by Gasteiger charge is -2.14. The number of halogens is 5. The number of carbonyl (C=O) groups is 3. The summed E-state index contributed by atoms with van der Waals surface area (Å²) < 4.78 is 69.8. The van der Waals surface area contributed by atoms with Gasteiger partial charge in [0.05, 0.1) is 5.84 Å². The molecular weight excluding hydrogens is 694 g/mol. The van der Waals surface area contributed by atoms with Crippen molar-refractivity contribution < 1.29 is 46.2 Å². The van der Waals surface area contributed by atoms with Crippen molar-refractivity contribution in [2.75, 3.05) is 11.5 Å². The van der Waals surface area contributed by atoms with Crippen LogP contribution in [0.3, 0.4) is 0 Å². The summed E-state index contributed by atoms with van der Waals surface area (Å²) in [4.78, 5) is 34.6. The van der Waals surface area contributed by atoms with Crippen molar-refractivity contribution in [1.29, 1.82) is 5.41 Å². The van der Waals surface area contributed by atoms with Crippen LogP contribution in [0, 0.1) is 34.5 Å². The zero-order valence-electron chi connectivity index (χ0n) is 25.2. The van der Waals surface area contributed by atoms with Gasteiger partial charge >= 0.3 is 11.9 Å². The van der Waals surface area contributed by atoms with Crippen molar-refractivity contribution >= 4 is 66.9 Å². The fraction of sp³-hybridized carbons (Fsp3) is 0.655. The number of amides is 1. The number of unbranched alkanes of at least 4 members (excludes halogenated alkanes) is 3. The van der Waals surface area contributed by atoms with Gasteiger partial charge in [0.1, 0.15) is 6.04 Å². The Morgan fingerprint density at radius 3 is 1.78 bits per heavy atom. The highest BCUT2D eigenvalue weighted by molar-refractivity contribution is 8.77. The van der Waals surface area contributed by atoms with Crippen LogP contribution in [-0.2, 0) is 14.4 Å². The van der Waals surface area contributed by atoms with E-state index in [-0.39, 0.29) is 18.2 Å². The van der Waals surface area contributed by atoms with Gasteiger partial charge in [-0.05, 0) is 51.4 Å². The number of carbonyl (C=O) groups excluding carboxylic acids is 2. The Morgan fingerprint density at radius 1 is 0.804 bits per heavy atom. The maximum atomic E-state index is 13.4. The maximum Gasteiger partial charge on any atom is 0.326 e. The quantitative estimate of drug-likeness (QED) is 0.0136. The van der Waals surface area contributed by atoms with Crippen molar-refractivity contribution in [2.24, 2.45) is 5.73 Å². The number of rotatable bonds is 18. The molecule has 3 atom stereocenters. The first-order valence-corrected chi connectivity index (χ1v) is 19.8. The number of amidine groups is 1. The number of benzene rings is 1. The van der Waals surface area contributed by atoms with Crippen molar-refractivity contribution in [2.45, 2.75) is 106 Å². The smallest absolute Gasteiger partial charge is 0.326 e. The minimum Gasteiger partial charge on any atom is -0.480 e. The molecule has 3 rings (SSSR count). The van der Waals surface area contributed by atoms with Gasteiger partial charge in [-0.1, -0.05) is 62.4 Å². The van der Waals surface area contributed by atoms with Crippen LogP contribution in [0.1, 0.15) is 89.9 Å². The lowest BCUT2D eigenvalue weighted by molar-refractivity contribution is -0.142. The number of hydrogen-bond acceptors (Lipinski definition) is 9. The Bertz CT molecular complexity index is 1150. The average molecular weight is 734 g/mol. The summed E-state index contributed by atoms with van der Waals surface area (Å²) in [6.07, 6.45) is 9.78. The fourth-order valence-corrected chi connectivity index (χ4v) is 10.5. The Kier molecular flexibility index (Phi) is 19.2. The summed E-state index contributed by atoms with van der Waals surface area (Å²) in [5, 5.41) is 20.1. The molecule has 1 amide bonds. The zero-order valence-corrected chi connectivity index (χ0v) is 28.5. The molecule has 0 bridgehead atoms. The minimum atomic E-state index is -2.29. The molecule has 2 saturated heterocycles. The van der Waals surface area contributed by atoms with Crippen LogP contribution < -0.4 is 15.8 Å². The van der Waals surface area contributed by atoms with Gasteiger partial charge in [-0.25, -0.2) is 18.0 Å². The van der Waals surface area contributed by atoms with Crippen molar-refractivity contribution in [1.82, 2.24) is 5.32 Å². The molecule has 2 aliphatic heterocycles. The minimum absolute atomic E-state index is 0.111. The molecule has 0 unspecified atom stereocenters. The first kappa shape index (κ1) is 40.3. The standard InChI is InChI=1S/C15H27N3O3S2.C14H13F5O2S2/c16-13(17)7-3-2-6-12(15(20)21)18-14(19)8-4-1-5-11-9-10-22-23-11;15-9-10(16)12(18)14(13(19)11(9)17)21-8(20)4-2-1-3-7-5-6-22-23-7/h11-12H,1-10H2,(H3,16,17)(H,18,19)(H,20,21);7H,1-6H2/t11-,12-;7-/m11/s1. The van der Waals surface area contributed by atoms with Crippen molar-refractivity contribution in [3.05, 3.63) is 29.1 Å². The molecule has 46 heavy (non-hydrogen) atoms. The van der Waals surface area contributed by atoms with Crippen LogP contribution in [0.15, 0.2) is 0 Å². The predicted octanol–water partition coefficient (Wildman–Crippen LogP) is 7.77. The van der Waals surface area contributed by atoms with Gasteiger partial charge in [-0.2, -0.15) is 8.78 Å². The number of esters is 1. The van der Waals surface area contributed by atoms with Gasteiger partial charge < -0.3 is 20.9 Å². The van der Waals surface area contributed by atoms with Gasteiger partial charge in [0, 0.05) is 41.3 Å². The third-order valence-corrected chi connectivity index (χ3v) is 13.0. The third kappa shape index (κ3) is 14.9. The van der Waals surface area contributed by atoms with E-state index >= 15 is 0 Å². The number of carboxylic acids is 1. The second kappa shape index (κ2) is 21.9. The van der Waals surface area contributed by atoms with Gasteiger partial charge in [0.25, 0.3) is 0 Å². The molecule has 1 aromatic rings. The molecule has 17 heteroatoms. The lowest BCUT2D eigenvalue weighted by atomic mass is 10.1. The normalized spacial score (nSPS) is 18.0. The summed E-state index contributed by atoms with van der Waals surface area (Å²) in [7, 11) is 7.45. The number of carboxylic acid groups (broad SMARTS) is 1. The molecule has 2 heterocycles. The molecule has 1 aromatic carbocycles. The first-order chi connectivity index (χ1) is 21.9. The van der Waals surface area contributed by atoms with E-state index in [9.17, 15) is 36.3 Å². The molecule has 5 N–H and O–H groups in total. The molecule has 0 radical (unpaired) electrons. The molecule has 0 spiro atoms. The lowest BCUT2D eigenvalue weighted by Crippen LogP contribution is -2.40. The number of nitrogens with two attached hydrogens (primary N) is 1. The third-order valence-electron chi connectivity index (χ3n) is 7.00. The molecule has 2 aliphatic rings. The molecule has 260 valence electrons. The van der Waals surface area contributed by atoms with Crippen molar-refractivity contribution in [3.8, 4) is 5.75 Å². The Hall–Kier alpha value is -1.85. The molecule has 0 aromatic heterocycles. The van der Waals surface area contributed by atoms with Crippen molar-refractivity contribution in [3.63, 3.8) is 0 Å². The second-order valence-corrected chi connectivity index (χ2v) is 16.3. The highest BCUT2D eigenvalue weighted by Gasteiger charge is 2.28. The van der Waals surface area contributed by atoms with E-state index < -0.39 is 52.8 Å². The van der Waals surface area contributed by atoms with Crippen LogP contribution in [0.25, 0.3) is 0 Å². The van der Waals surface area contributed by atoms with Gasteiger partial charge in [0.15, 0.2) is 0 Å². The largest absolute Gasteiger partial charge is 0.480 e. The molecule has 0 saturated carbocycles. The monoisotopic (exact) mass is 733 g/mol. The van der Waals surface area contributed by atoms with E-state index in [2.05, 4.69) is 10.1 Å². The van der Waals surface area contributed by atoms with Gasteiger partial charge in [0.2, 0.25) is 40.7 Å². The summed E-state index contributed by atoms with van der Waals surface area (Å²) in [6.45, 7) is 0. The van der Waals surface area contributed by atoms with Crippen LogP contribution in [-0.4, -0.2) is 56.8 Å². The van der Waals surface area contributed by atoms with Gasteiger partial charge in [-0.15, -0.1) is 0 Å². The maximum absolute atomic E-state index is 13.4. The molecule has 0 aliphatic carbocycles. The summed E-state index contributed by atoms with van der Waals surface area (Å²) in [5.41, 5.74) is 5.26. The van der Waals surface area contributed by atoms with E-state index in [1.165, 1.54) is 12.2 Å². The zero-order chi connectivity index (χ0) is 34.1. The van der Waals surface area contributed by atoms with Crippen LogP contribution >= 0.6 is 43.2 Å². The number of aliphatic carboxylic acids is 1. The number of hydrogen-bond donors (Lipinski definition) is 4. The average Bonchev–Trinajstić information content (AvgIpc) is 3.74. The van der Waals surface area contributed by atoms with Crippen LogP contribution in [0.5, 0.6) is 5.75 Å². The van der Waals surface area contributed by atoms with Crippen LogP contribution in [0.4, 0.5) is 22.0 Å². The van der Waals surface area contributed by atoms with E-state index in [0.29, 0.717) is 43.8 Å². The highest BCUT2D eigenvalue weighted by atomic mass is 33.1. The van der Waals surface area contributed by atoms with E-state index in [4.69, 9.17) is 16.2 Å². The SMILES string of the molecule is N=C(N)CCCC[C@@H](NC(=O)CCCC[C@@H]1CCSS1)C(=O)O.O=C(CCCC[C@@H]1CCSS1)Oc1c(F)c(F)c(F)c(F)c1F. The van der Waals surface area contributed by atoms with E-state index in [1.54, 1.807) is 21.6 Å². The first-order valence-electron chi connectivity index (χ1n) is 15.0. The number of ether oxygens (including phenoxy) is 1. The number of nitrogens with one attached hydrogen (secondary N) is 2. The molecular formula is C29H40F5N3O5S4. The Morgan fingerprint density at radius 2 is 1.30 bits per heavy atom. The summed E-state index contributed by atoms with van der Waals surface area (Å²) >= 11 is 0. The topological polar surface area (TPSA) is 143 Å². The van der Waals surface area contributed by atoms with E-state index in [1.807, 2.05) is 21.6 Å². The second-order valence-electron chi connectivity index (χ2n) is 10.8. The van der Waals surface area contributed by atoms with Crippen LogP contribution in [0.2, 0.25) is 0 Å². The summed E-state index contributed by atoms with van der Waals surface area (Å²) in [6, 6.07) is -0.837. The molecule has 8 nitrogen and oxygen atoms in total.